The van der Waals surface area contributed by atoms with Gasteiger partial charge in [-0.15, -0.1) is 0 Å². The number of carbonyl (C=O) groups is 1. The number of carbonyl (C=O) groups excluding carboxylic acids is 1. The van der Waals surface area contributed by atoms with Crippen LogP contribution in [-0.4, -0.2) is 25.3 Å². The first kappa shape index (κ1) is 22.2. The highest BCUT2D eigenvalue weighted by Crippen LogP contribution is 2.50. The standard InChI is InChI=1S/C24H25ClN2O5/c1-12(2)22-20-14-9-8-13(25)10-16(14)23(15-6-5-7-17(29-3)24(15)30-4)31-18(11-19(26)28)21(20)27-32-22/h5-10,12,18,23H,11H2,1-4H3,(H2,26,28). The van der Waals surface area contributed by atoms with E-state index in [0.717, 1.165) is 22.3 Å². The monoisotopic (exact) mass is 456 g/mol. The molecule has 0 bridgehead atoms. The number of nitrogens with zero attached hydrogens (tertiary/aromatic N) is 1. The number of hydrogen-bond donors (Lipinski definition) is 1. The summed E-state index contributed by atoms with van der Waals surface area (Å²) in [6, 6.07) is 11.2. The van der Waals surface area contributed by atoms with Crippen LogP contribution in [-0.2, 0) is 9.53 Å². The van der Waals surface area contributed by atoms with Crippen LogP contribution in [0.15, 0.2) is 40.9 Å². The smallest absolute Gasteiger partial charge is 0.220 e. The molecule has 2 atom stereocenters. The number of nitrogens with two attached hydrogens (primary N) is 1. The van der Waals surface area contributed by atoms with Gasteiger partial charge in [0, 0.05) is 16.5 Å². The highest BCUT2D eigenvalue weighted by Gasteiger charge is 2.37. The Morgan fingerprint density at radius 1 is 1.19 bits per heavy atom. The van der Waals surface area contributed by atoms with E-state index in [1.54, 1.807) is 14.2 Å². The average molecular weight is 457 g/mol. The Morgan fingerprint density at radius 2 is 1.97 bits per heavy atom. The lowest BCUT2D eigenvalue weighted by molar-refractivity contribution is -0.122. The van der Waals surface area contributed by atoms with Crippen molar-refractivity contribution in [1.82, 2.24) is 5.16 Å². The molecule has 2 N–H and O–H groups in total. The number of ether oxygens (including phenoxy) is 3. The molecule has 0 radical (unpaired) electrons. The molecule has 2 aromatic carbocycles. The molecule has 168 valence electrons. The van der Waals surface area contributed by atoms with Crippen molar-refractivity contribution in [2.45, 2.75) is 38.4 Å². The molecule has 1 aliphatic rings. The van der Waals surface area contributed by atoms with E-state index >= 15 is 0 Å². The van der Waals surface area contributed by atoms with Gasteiger partial charge in [0.1, 0.15) is 23.7 Å². The highest BCUT2D eigenvalue weighted by molar-refractivity contribution is 6.30. The van der Waals surface area contributed by atoms with Crippen LogP contribution in [0.4, 0.5) is 0 Å². The van der Waals surface area contributed by atoms with E-state index < -0.39 is 18.1 Å². The van der Waals surface area contributed by atoms with E-state index in [2.05, 4.69) is 5.16 Å². The van der Waals surface area contributed by atoms with Gasteiger partial charge in [-0.05, 0) is 29.3 Å². The Bertz CT molecular complexity index is 1160. The van der Waals surface area contributed by atoms with Crippen molar-refractivity contribution in [3.05, 3.63) is 64.0 Å². The summed E-state index contributed by atoms with van der Waals surface area (Å²) in [7, 11) is 3.15. The summed E-state index contributed by atoms with van der Waals surface area (Å²) in [5, 5.41) is 4.85. The number of para-hydroxylation sites is 1. The first-order valence-corrected chi connectivity index (χ1v) is 10.7. The zero-order valence-corrected chi connectivity index (χ0v) is 19.1. The number of aromatic nitrogens is 1. The number of amides is 1. The maximum Gasteiger partial charge on any atom is 0.220 e. The van der Waals surface area contributed by atoms with Gasteiger partial charge in [-0.3, -0.25) is 4.79 Å². The average Bonchev–Trinajstić information content (AvgIpc) is 3.16. The normalized spacial score (nSPS) is 17.4. The molecule has 0 fully saturated rings. The molecule has 1 aromatic heterocycles. The Kier molecular flexibility index (Phi) is 6.13. The van der Waals surface area contributed by atoms with E-state index in [0.29, 0.717) is 28.0 Å². The fourth-order valence-corrected chi connectivity index (χ4v) is 4.35. The lowest BCUT2D eigenvalue weighted by Crippen LogP contribution is -2.19. The fraction of sp³-hybridized carbons (Fsp3) is 0.333. The number of fused-ring (bicyclic) bond motifs is 3. The maximum absolute atomic E-state index is 11.9. The van der Waals surface area contributed by atoms with Gasteiger partial charge in [0.05, 0.1) is 26.2 Å². The second-order valence-electron chi connectivity index (χ2n) is 7.95. The molecule has 4 rings (SSSR count). The third kappa shape index (κ3) is 3.82. The van der Waals surface area contributed by atoms with Crippen LogP contribution in [0.2, 0.25) is 5.02 Å². The predicted octanol–water partition coefficient (Wildman–Crippen LogP) is 5.17. The SMILES string of the molecule is COc1cccc(C2OC(CC(N)=O)c3noc(C(C)C)c3-c3ccc(Cl)cc32)c1OC. The first-order chi connectivity index (χ1) is 15.3. The van der Waals surface area contributed by atoms with E-state index in [9.17, 15) is 4.79 Å². The van der Waals surface area contributed by atoms with Crippen molar-refractivity contribution in [3.8, 4) is 22.6 Å². The molecule has 1 aliphatic heterocycles. The molecule has 0 spiro atoms. The number of rotatable bonds is 6. The summed E-state index contributed by atoms with van der Waals surface area (Å²) in [5.41, 5.74) is 9.33. The summed E-state index contributed by atoms with van der Waals surface area (Å²) >= 11 is 6.41. The van der Waals surface area contributed by atoms with Crippen LogP contribution in [0.5, 0.6) is 11.5 Å². The predicted molar refractivity (Wildman–Crippen MR) is 120 cm³/mol. The number of halogens is 1. The van der Waals surface area contributed by atoms with Crippen LogP contribution in [0.3, 0.4) is 0 Å². The van der Waals surface area contributed by atoms with E-state index in [1.165, 1.54) is 0 Å². The zero-order chi connectivity index (χ0) is 23.0. The van der Waals surface area contributed by atoms with Gasteiger partial charge in [-0.25, -0.2) is 0 Å². The van der Waals surface area contributed by atoms with E-state index in [-0.39, 0.29) is 12.3 Å². The molecular formula is C24H25ClN2O5. The Balaban J connectivity index is 2.02. The van der Waals surface area contributed by atoms with Crippen LogP contribution in [0.1, 0.15) is 61.0 Å². The van der Waals surface area contributed by atoms with Gasteiger partial charge in [-0.1, -0.05) is 48.8 Å². The van der Waals surface area contributed by atoms with Crippen LogP contribution >= 0.6 is 11.6 Å². The molecule has 8 heteroatoms. The summed E-state index contributed by atoms with van der Waals surface area (Å²) in [6.07, 6.45) is -1.39. The van der Waals surface area contributed by atoms with Crippen molar-refractivity contribution in [2.24, 2.45) is 5.73 Å². The summed E-state index contributed by atoms with van der Waals surface area (Å²) in [5.74, 6) is 1.37. The van der Waals surface area contributed by atoms with Crippen LogP contribution < -0.4 is 15.2 Å². The zero-order valence-electron chi connectivity index (χ0n) is 18.3. The minimum absolute atomic E-state index is 0.0540. The summed E-state index contributed by atoms with van der Waals surface area (Å²) in [6.45, 7) is 4.04. The molecule has 3 aromatic rings. The van der Waals surface area contributed by atoms with Crippen molar-refractivity contribution < 1.29 is 23.5 Å². The quantitative estimate of drug-likeness (QED) is 0.549. The van der Waals surface area contributed by atoms with Gasteiger partial charge in [0.15, 0.2) is 11.5 Å². The molecule has 32 heavy (non-hydrogen) atoms. The van der Waals surface area contributed by atoms with Crippen molar-refractivity contribution in [2.75, 3.05) is 14.2 Å². The maximum atomic E-state index is 11.9. The van der Waals surface area contributed by atoms with Gasteiger partial charge in [-0.2, -0.15) is 0 Å². The second-order valence-corrected chi connectivity index (χ2v) is 8.39. The van der Waals surface area contributed by atoms with Gasteiger partial charge < -0.3 is 24.5 Å². The number of methoxy groups -OCH3 is 2. The molecule has 0 aliphatic carbocycles. The Morgan fingerprint density at radius 3 is 2.62 bits per heavy atom. The van der Waals surface area contributed by atoms with Crippen LogP contribution in [0, 0.1) is 0 Å². The van der Waals surface area contributed by atoms with Crippen molar-refractivity contribution in [3.63, 3.8) is 0 Å². The molecule has 0 saturated carbocycles. The van der Waals surface area contributed by atoms with Gasteiger partial charge in [0.25, 0.3) is 0 Å². The van der Waals surface area contributed by atoms with Gasteiger partial charge >= 0.3 is 0 Å². The molecular weight excluding hydrogens is 432 g/mol. The minimum atomic E-state index is -0.717. The van der Waals surface area contributed by atoms with Gasteiger partial charge in [0.2, 0.25) is 5.91 Å². The minimum Gasteiger partial charge on any atom is -0.493 e. The largest absolute Gasteiger partial charge is 0.493 e. The van der Waals surface area contributed by atoms with E-state index in [4.69, 9.17) is 36.1 Å². The van der Waals surface area contributed by atoms with Crippen molar-refractivity contribution >= 4 is 17.5 Å². The number of hydrogen-bond acceptors (Lipinski definition) is 6. The molecule has 2 heterocycles. The topological polar surface area (TPSA) is 96.8 Å². The third-order valence-corrected chi connectivity index (χ3v) is 5.78. The molecule has 7 nitrogen and oxygen atoms in total. The lowest BCUT2D eigenvalue weighted by Gasteiger charge is -2.25. The summed E-state index contributed by atoms with van der Waals surface area (Å²) < 4.78 is 23.4. The molecule has 1 amide bonds. The summed E-state index contributed by atoms with van der Waals surface area (Å²) in [4.78, 5) is 11.9. The Labute approximate surface area is 191 Å². The second kappa shape index (κ2) is 8.84. The molecule has 0 saturated heterocycles. The van der Waals surface area contributed by atoms with E-state index in [1.807, 2.05) is 50.2 Å². The highest BCUT2D eigenvalue weighted by atomic mass is 35.5. The third-order valence-electron chi connectivity index (χ3n) is 5.54. The van der Waals surface area contributed by atoms with Crippen LogP contribution in [0.25, 0.3) is 11.1 Å². The first-order valence-electron chi connectivity index (χ1n) is 10.3. The lowest BCUT2D eigenvalue weighted by atomic mass is 9.90. The number of benzene rings is 2. The number of primary amides is 1. The fourth-order valence-electron chi connectivity index (χ4n) is 4.17. The Hall–Kier alpha value is -3.03. The van der Waals surface area contributed by atoms with Crippen molar-refractivity contribution in [1.29, 1.82) is 0 Å². The molecule has 2 unspecified atom stereocenters.